The second kappa shape index (κ2) is 7.55. The summed E-state index contributed by atoms with van der Waals surface area (Å²) in [4.78, 5) is 5.38. The van der Waals surface area contributed by atoms with E-state index in [-0.39, 0.29) is 22.9 Å². The second-order valence-electron chi connectivity index (χ2n) is 10.7. The van der Waals surface area contributed by atoms with Gasteiger partial charge in [0.05, 0.1) is 11.7 Å². The van der Waals surface area contributed by atoms with Crippen LogP contribution in [0, 0.1) is 34.5 Å². The van der Waals surface area contributed by atoms with E-state index >= 15 is 0 Å². The molecular weight excluding hydrogens is 352 g/mol. The van der Waals surface area contributed by atoms with Crippen molar-refractivity contribution >= 4 is 6.21 Å². The SMILES string of the molecule is C[C@]12CCC(O)CC1CC[C@@H]1[C@H]2CC[C@]2(C)C(/C=N/OCCCN)CC[C@@]12O. The molecule has 5 heteroatoms. The van der Waals surface area contributed by atoms with Crippen LogP contribution in [0.2, 0.25) is 0 Å². The van der Waals surface area contributed by atoms with Crippen molar-refractivity contribution in [1.82, 2.24) is 0 Å². The van der Waals surface area contributed by atoms with Crippen LogP contribution in [-0.2, 0) is 4.84 Å². The van der Waals surface area contributed by atoms with Gasteiger partial charge >= 0.3 is 0 Å². The Bertz CT molecular complexity index is 598. The lowest BCUT2D eigenvalue weighted by molar-refractivity contribution is -0.206. The van der Waals surface area contributed by atoms with Gasteiger partial charge in [0.1, 0.15) is 6.61 Å². The minimum Gasteiger partial charge on any atom is -0.396 e. The first kappa shape index (κ1) is 20.6. The normalized spacial score (nSPS) is 50.8. The molecule has 8 atom stereocenters. The summed E-state index contributed by atoms with van der Waals surface area (Å²) in [6.07, 6.45) is 12.1. The first-order chi connectivity index (χ1) is 13.3. The first-order valence-electron chi connectivity index (χ1n) is 11.6. The largest absolute Gasteiger partial charge is 0.396 e. The molecule has 0 aromatic rings. The van der Waals surface area contributed by atoms with Crippen molar-refractivity contribution in [3.8, 4) is 0 Å². The zero-order valence-corrected chi connectivity index (χ0v) is 17.8. The van der Waals surface area contributed by atoms with Crippen LogP contribution in [0.4, 0.5) is 0 Å². The lowest BCUT2D eigenvalue weighted by atomic mass is 9.43. The minimum absolute atomic E-state index is 0.105. The second-order valence-corrected chi connectivity index (χ2v) is 10.7. The van der Waals surface area contributed by atoms with Gasteiger partial charge in [0.15, 0.2) is 0 Å². The van der Waals surface area contributed by atoms with Gasteiger partial charge in [-0.15, -0.1) is 0 Å². The van der Waals surface area contributed by atoms with Crippen LogP contribution in [0.1, 0.15) is 78.1 Å². The summed E-state index contributed by atoms with van der Waals surface area (Å²) in [6.45, 7) is 5.95. The van der Waals surface area contributed by atoms with Crippen LogP contribution in [0.3, 0.4) is 0 Å². The van der Waals surface area contributed by atoms with E-state index in [4.69, 9.17) is 10.6 Å². The van der Waals surface area contributed by atoms with E-state index in [9.17, 15) is 10.2 Å². The number of hydrogen-bond donors (Lipinski definition) is 3. The van der Waals surface area contributed by atoms with Crippen LogP contribution >= 0.6 is 0 Å². The number of rotatable bonds is 5. The van der Waals surface area contributed by atoms with Gasteiger partial charge in [-0.2, -0.15) is 0 Å². The highest BCUT2D eigenvalue weighted by Crippen LogP contribution is 2.68. The molecule has 0 spiro atoms. The average Bonchev–Trinajstić information content (AvgIpc) is 2.93. The standard InChI is InChI=1S/C23H40N2O3/c1-21-9-7-18(26)14-16(21)4-5-20-19(21)8-10-22(2)17(6-11-23(20,22)27)15-25-28-13-3-12-24/h15-20,26-27H,3-14,24H2,1-2H3/b25-15+/t16?,17?,18?,19-,20-,21+,22-,23-/m1/s1. The Morgan fingerprint density at radius 1 is 1.07 bits per heavy atom. The molecule has 4 aliphatic rings. The van der Waals surface area contributed by atoms with Crippen LogP contribution in [0.25, 0.3) is 0 Å². The molecule has 160 valence electrons. The number of nitrogens with two attached hydrogens (primary N) is 1. The number of hydrogen-bond acceptors (Lipinski definition) is 5. The van der Waals surface area contributed by atoms with Gasteiger partial charge in [0, 0.05) is 17.5 Å². The highest BCUT2D eigenvalue weighted by atomic mass is 16.6. The highest BCUT2D eigenvalue weighted by molar-refractivity contribution is 5.63. The Morgan fingerprint density at radius 2 is 1.89 bits per heavy atom. The molecule has 4 rings (SSSR count). The van der Waals surface area contributed by atoms with Gasteiger partial charge in [-0.3, -0.25) is 0 Å². The van der Waals surface area contributed by atoms with Crippen LogP contribution in [-0.4, -0.2) is 41.3 Å². The third-order valence-electron chi connectivity index (χ3n) is 9.65. The quantitative estimate of drug-likeness (QED) is 0.380. The third-order valence-corrected chi connectivity index (χ3v) is 9.65. The molecule has 4 aliphatic carbocycles. The molecule has 3 unspecified atom stereocenters. The third kappa shape index (κ3) is 3.04. The summed E-state index contributed by atoms with van der Waals surface area (Å²) >= 11 is 0. The van der Waals surface area contributed by atoms with E-state index < -0.39 is 5.60 Å². The molecule has 0 aliphatic heterocycles. The summed E-state index contributed by atoms with van der Waals surface area (Å²) in [7, 11) is 0. The Labute approximate surface area is 170 Å². The molecular formula is C23H40N2O3. The molecule has 0 radical (unpaired) electrons. The van der Waals surface area contributed by atoms with Crippen LogP contribution in [0.15, 0.2) is 5.16 Å². The summed E-state index contributed by atoms with van der Waals surface area (Å²) < 4.78 is 0. The maximum absolute atomic E-state index is 12.1. The molecule has 0 aromatic carbocycles. The predicted octanol–water partition coefficient (Wildman–Crippen LogP) is 3.47. The van der Waals surface area contributed by atoms with E-state index in [1.54, 1.807) is 0 Å². The van der Waals surface area contributed by atoms with E-state index in [1.807, 2.05) is 6.21 Å². The zero-order chi connectivity index (χ0) is 20.0. The molecule has 28 heavy (non-hydrogen) atoms. The average molecular weight is 393 g/mol. The molecule has 0 amide bonds. The Balaban J connectivity index is 1.52. The molecule has 0 aromatic heterocycles. The predicted molar refractivity (Wildman–Crippen MR) is 111 cm³/mol. The zero-order valence-electron chi connectivity index (χ0n) is 17.8. The lowest BCUT2D eigenvalue weighted by Crippen LogP contribution is -2.62. The fourth-order valence-corrected chi connectivity index (χ4v) is 7.80. The molecule has 4 fully saturated rings. The van der Waals surface area contributed by atoms with Crippen LogP contribution < -0.4 is 5.73 Å². The van der Waals surface area contributed by atoms with Crippen molar-refractivity contribution in [1.29, 1.82) is 0 Å². The van der Waals surface area contributed by atoms with E-state index in [1.165, 1.54) is 6.42 Å². The van der Waals surface area contributed by atoms with Crippen molar-refractivity contribution in [3.63, 3.8) is 0 Å². The van der Waals surface area contributed by atoms with Gasteiger partial charge in [-0.25, -0.2) is 0 Å². The number of aliphatic hydroxyl groups excluding tert-OH is 1. The summed E-state index contributed by atoms with van der Waals surface area (Å²) in [5.41, 5.74) is 5.10. The maximum atomic E-state index is 12.1. The fourth-order valence-electron chi connectivity index (χ4n) is 7.80. The van der Waals surface area contributed by atoms with Gasteiger partial charge in [0.25, 0.3) is 0 Å². The topological polar surface area (TPSA) is 88.1 Å². The first-order valence-corrected chi connectivity index (χ1v) is 11.6. The molecule has 0 saturated heterocycles. The van der Waals surface area contributed by atoms with Gasteiger partial charge in [0.2, 0.25) is 0 Å². The van der Waals surface area contributed by atoms with Crippen molar-refractivity contribution < 1.29 is 15.1 Å². The maximum Gasteiger partial charge on any atom is 0.118 e. The molecule has 4 saturated carbocycles. The number of nitrogens with zero attached hydrogens (tertiary/aromatic N) is 1. The van der Waals surface area contributed by atoms with Crippen molar-refractivity contribution in [3.05, 3.63) is 0 Å². The lowest BCUT2D eigenvalue weighted by Gasteiger charge is -2.63. The number of aliphatic hydroxyl groups is 2. The van der Waals surface area contributed by atoms with E-state index in [2.05, 4.69) is 19.0 Å². The van der Waals surface area contributed by atoms with Crippen molar-refractivity contribution in [2.24, 2.45) is 45.4 Å². The van der Waals surface area contributed by atoms with Crippen molar-refractivity contribution in [2.75, 3.05) is 13.2 Å². The van der Waals surface area contributed by atoms with E-state index in [0.717, 1.165) is 57.8 Å². The van der Waals surface area contributed by atoms with Gasteiger partial charge in [-0.1, -0.05) is 19.0 Å². The number of fused-ring (bicyclic) bond motifs is 5. The van der Waals surface area contributed by atoms with Gasteiger partial charge in [-0.05, 0) is 93.9 Å². The summed E-state index contributed by atoms with van der Waals surface area (Å²) in [5.74, 6) is 1.89. The highest BCUT2D eigenvalue weighted by Gasteiger charge is 2.66. The number of oxime groups is 1. The van der Waals surface area contributed by atoms with E-state index in [0.29, 0.717) is 30.9 Å². The Morgan fingerprint density at radius 3 is 2.68 bits per heavy atom. The fraction of sp³-hybridized carbons (Fsp3) is 0.957. The summed E-state index contributed by atoms with van der Waals surface area (Å²) in [5, 5.41) is 26.5. The molecule has 0 bridgehead atoms. The Kier molecular flexibility index (Phi) is 5.56. The Hall–Kier alpha value is -0.650. The monoisotopic (exact) mass is 392 g/mol. The smallest absolute Gasteiger partial charge is 0.118 e. The summed E-state index contributed by atoms with van der Waals surface area (Å²) in [6, 6.07) is 0. The van der Waals surface area contributed by atoms with Crippen molar-refractivity contribution in [2.45, 2.75) is 89.8 Å². The minimum atomic E-state index is -0.589. The molecule has 4 N–H and O–H groups in total. The molecule has 5 nitrogen and oxygen atoms in total. The van der Waals surface area contributed by atoms with Crippen LogP contribution in [0.5, 0.6) is 0 Å². The molecule has 0 heterocycles. The van der Waals surface area contributed by atoms with Gasteiger partial charge < -0.3 is 20.8 Å².